The zero-order valence-corrected chi connectivity index (χ0v) is 10.5. The first-order valence-electron chi connectivity index (χ1n) is 6.13. The predicted octanol–water partition coefficient (Wildman–Crippen LogP) is 3.17. The van der Waals surface area contributed by atoms with Crippen molar-refractivity contribution in [2.24, 2.45) is 5.92 Å². The molecule has 0 aliphatic rings. The molecule has 1 rings (SSSR count). The van der Waals surface area contributed by atoms with Gasteiger partial charge >= 0.3 is 0 Å². The van der Waals surface area contributed by atoms with E-state index in [4.69, 9.17) is 4.74 Å². The molecule has 0 saturated heterocycles. The molecule has 94 valence electrons. The van der Waals surface area contributed by atoms with Crippen molar-refractivity contribution in [2.75, 3.05) is 6.61 Å². The van der Waals surface area contributed by atoms with E-state index in [0.717, 1.165) is 6.42 Å². The Balaban J connectivity index is 2.16. The molecule has 1 aromatic carbocycles. The van der Waals surface area contributed by atoms with E-state index < -0.39 is 0 Å². The number of aliphatic hydroxyl groups is 1. The van der Waals surface area contributed by atoms with E-state index in [2.05, 4.69) is 25.6 Å². The molecular formula is C15H22O2. The number of aliphatic hydroxyl groups excluding tert-OH is 1. The summed E-state index contributed by atoms with van der Waals surface area (Å²) in [5, 5.41) is 9.61. The number of hydrogen-bond acceptors (Lipinski definition) is 2. The fourth-order valence-electron chi connectivity index (χ4n) is 1.77. The lowest BCUT2D eigenvalue weighted by atomic mass is 10.0. The van der Waals surface area contributed by atoms with E-state index in [9.17, 15) is 5.11 Å². The smallest absolute Gasteiger partial charge is 0.0717 e. The molecule has 0 aliphatic heterocycles. The molecule has 0 fully saturated rings. The lowest BCUT2D eigenvalue weighted by molar-refractivity contribution is 0.0659. The van der Waals surface area contributed by atoms with Gasteiger partial charge in [-0.25, -0.2) is 0 Å². The van der Waals surface area contributed by atoms with Crippen molar-refractivity contribution in [3.05, 3.63) is 48.6 Å². The zero-order valence-electron chi connectivity index (χ0n) is 10.5. The third kappa shape index (κ3) is 6.25. The van der Waals surface area contributed by atoms with Crippen LogP contribution >= 0.6 is 0 Å². The van der Waals surface area contributed by atoms with E-state index in [1.165, 1.54) is 5.56 Å². The largest absolute Gasteiger partial charge is 0.393 e. The first-order valence-corrected chi connectivity index (χ1v) is 6.13. The highest BCUT2D eigenvalue weighted by Crippen LogP contribution is 2.10. The van der Waals surface area contributed by atoms with Crippen LogP contribution in [0.3, 0.4) is 0 Å². The Morgan fingerprint density at radius 2 is 2.06 bits per heavy atom. The standard InChI is InChI=1S/C15H22O2/c1-3-7-15(16)10-13(2)11-17-12-14-8-5-4-6-9-14/h3-6,8-9,13,15-16H,1,7,10-12H2,2H3/t13-,15-/m1/s1. The Bertz CT molecular complexity index is 308. The molecule has 2 heteroatoms. The molecule has 0 aliphatic carbocycles. The summed E-state index contributed by atoms with van der Waals surface area (Å²) in [6, 6.07) is 10.1. The van der Waals surface area contributed by atoms with Crippen molar-refractivity contribution in [1.82, 2.24) is 0 Å². The monoisotopic (exact) mass is 234 g/mol. The lowest BCUT2D eigenvalue weighted by Gasteiger charge is -2.15. The summed E-state index contributed by atoms with van der Waals surface area (Å²) in [5.41, 5.74) is 1.19. The molecule has 0 radical (unpaired) electrons. The van der Waals surface area contributed by atoms with E-state index >= 15 is 0 Å². The van der Waals surface area contributed by atoms with Crippen LogP contribution in [0.25, 0.3) is 0 Å². The molecular weight excluding hydrogens is 212 g/mol. The molecule has 0 unspecified atom stereocenters. The van der Waals surface area contributed by atoms with Gasteiger partial charge in [-0.05, 0) is 24.3 Å². The van der Waals surface area contributed by atoms with E-state index in [0.29, 0.717) is 25.6 Å². The van der Waals surface area contributed by atoms with E-state index in [1.54, 1.807) is 6.08 Å². The minimum Gasteiger partial charge on any atom is -0.393 e. The molecule has 0 bridgehead atoms. The zero-order chi connectivity index (χ0) is 12.5. The summed E-state index contributed by atoms with van der Waals surface area (Å²) in [7, 11) is 0. The lowest BCUT2D eigenvalue weighted by Crippen LogP contribution is -2.15. The molecule has 2 atom stereocenters. The van der Waals surface area contributed by atoms with Crippen LogP contribution in [0.2, 0.25) is 0 Å². The third-order valence-corrected chi connectivity index (χ3v) is 2.63. The summed E-state index contributed by atoms with van der Waals surface area (Å²) in [5.74, 6) is 0.369. The predicted molar refractivity (Wildman–Crippen MR) is 70.7 cm³/mol. The van der Waals surface area contributed by atoms with Crippen molar-refractivity contribution < 1.29 is 9.84 Å². The first kappa shape index (κ1) is 13.9. The fraction of sp³-hybridized carbons (Fsp3) is 0.467. The Morgan fingerprint density at radius 1 is 1.35 bits per heavy atom. The van der Waals surface area contributed by atoms with Crippen LogP contribution in [-0.2, 0) is 11.3 Å². The molecule has 0 heterocycles. The van der Waals surface area contributed by atoms with E-state index in [-0.39, 0.29) is 6.10 Å². The summed E-state index contributed by atoms with van der Waals surface area (Å²) >= 11 is 0. The van der Waals surface area contributed by atoms with Crippen molar-refractivity contribution in [3.63, 3.8) is 0 Å². The van der Waals surface area contributed by atoms with Gasteiger partial charge in [-0.1, -0.05) is 43.3 Å². The van der Waals surface area contributed by atoms with E-state index in [1.807, 2.05) is 18.2 Å². The van der Waals surface area contributed by atoms with Crippen molar-refractivity contribution in [2.45, 2.75) is 32.5 Å². The maximum absolute atomic E-state index is 9.61. The van der Waals surface area contributed by atoms with Crippen LogP contribution < -0.4 is 0 Å². The van der Waals surface area contributed by atoms with Gasteiger partial charge in [-0.3, -0.25) is 0 Å². The highest BCUT2D eigenvalue weighted by atomic mass is 16.5. The maximum atomic E-state index is 9.61. The molecule has 1 aromatic rings. The normalized spacial score (nSPS) is 14.2. The minimum atomic E-state index is -0.289. The van der Waals surface area contributed by atoms with Crippen LogP contribution in [0, 0.1) is 5.92 Å². The van der Waals surface area contributed by atoms with Crippen molar-refractivity contribution >= 4 is 0 Å². The average Bonchev–Trinajstić information content (AvgIpc) is 2.30. The number of benzene rings is 1. The number of rotatable bonds is 8. The van der Waals surface area contributed by atoms with Gasteiger partial charge in [-0.2, -0.15) is 0 Å². The van der Waals surface area contributed by atoms with Gasteiger partial charge in [0.2, 0.25) is 0 Å². The molecule has 0 aromatic heterocycles. The van der Waals surface area contributed by atoms with Gasteiger partial charge in [0.15, 0.2) is 0 Å². The highest BCUT2D eigenvalue weighted by Gasteiger charge is 2.09. The quantitative estimate of drug-likeness (QED) is 0.700. The SMILES string of the molecule is C=CC[C@@H](O)C[C@@H](C)COCc1ccccc1. The molecule has 2 nitrogen and oxygen atoms in total. The fourth-order valence-corrected chi connectivity index (χ4v) is 1.77. The van der Waals surface area contributed by atoms with Gasteiger partial charge in [0.05, 0.1) is 12.7 Å². The molecule has 0 amide bonds. The second kappa shape index (κ2) is 8.04. The third-order valence-electron chi connectivity index (χ3n) is 2.63. The van der Waals surface area contributed by atoms with Gasteiger partial charge in [0.1, 0.15) is 0 Å². The van der Waals surface area contributed by atoms with Crippen LogP contribution in [-0.4, -0.2) is 17.8 Å². The molecule has 1 N–H and O–H groups in total. The van der Waals surface area contributed by atoms with Crippen LogP contribution in [0.1, 0.15) is 25.3 Å². The first-order chi connectivity index (χ1) is 8.22. The van der Waals surface area contributed by atoms with Crippen molar-refractivity contribution in [1.29, 1.82) is 0 Å². The highest BCUT2D eigenvalue weighted by molar-refractivity contribution is 5.13. The number of ether oxygens (including phenoxy) is 1. The Labute approximate surface area is 104 Å². The van der Waals surface area contributed by atoms with Crippen LogP contribution in [0.5, 0.6) is 0 Å². The van der Waals surface area contributed by atoms with Crippen LogP contribution in [0.15, 0.2) is 43.0 Å². The second-order valence-electron chi connectivity index (χ2n) is 4.52. The Morgan fingerprint density at radius 3 is 2.71 bits per heavy atom. The number of hydrogen-bond donors (Lipinski definition) is 1. The van der Waals surface area contributed by atoms with Gasteiger partial charge in [0.25, 0.3) is 0 Å². The Hall–Kier alpha value is -1.12. The molecule has 0 spiro atoms. The molecule has 17 heavy (non-hydrogen) atoms. The Kier molecular flexibility index (Phi) is 6.60. The van der Waals surface area contributed by atoms with Gasteiger partial charge in [0, 0.05) is 6.61 Å². The second-order valence-corrected chi connectivity index (χ2v) is 4.52. The van der Waals surface area contributed by atoms with Crippen LogP contribution in [0.4, 0.5) is 0 Å². The summed E-state index contributed by atoms with van der Waals surface area (Å²) < 4.78 is 5.62. The van der Waals surface area contributed by atoms with Gasteiger partial charge in [-0.15, -0.1) is 6.58 Å². The summed E-state index contributed by atoms with van der Waals surface area (Å²) in [4.78, 5) is 0. The van der Waals surface area contributed by atoms with Gasteiger partial charge < -0.3 is 9.84 Å². The summed E-state index contributed by atoms with van der Waals surface area (Å²) in [6.45, 7) is 7.04. The molecule has 0 saturated carbocycles. The minimum absolute atomic E-state index is 0.289. The average molecular weight is 234 g/mol. The maximum Gasteiger partial charge on any atom is 0.0717 e. The topological polar surface area (TPSA) is 29.5 Å². The summed E-state index contributed by atoms with van der Waals surface area (Å²) in [6.07, 6.45) is 2.88. The van der Waals surface area contributed by atoms with Crippen molar-refractivity contribution in [3.8, 4) is 0 Å².